The van der Waals surface area contributed by atoms with Gasteiger partial charge >= 0.3 is 0 Å². The van der Waals surface area contributed by atoms with Crippen molar-refractivity contribution in [1.82, 2.24) is 10.2 Å². The standard InChI is InChI=1S/C21H29ClN2O2/c22-18-8-4-7-17(15-18)21(26)24-13-11-19(12-14-24)23-20(25)10-9-16-5-2-1-3-6-16/h4,7-8,15-16,19H,1-3,5-6,9-14H2,(H,23,25). The molecule has 3 rings (SSSR count). The van der Waals surface area contributed by atoms with Crippen molar-refractivity contribution in [1.29, 1.82) is 0 Å². The summed E-state index contributed by atoms with van der Waals surface area (Å²) in [5, 5.41) is 3.75. The van der Waals surface area contributed by atoms with Gasteiger partial charge in [0.2, 0.25) is 5.91 Å². The van der Waals surface area contributed by atoms with Gasteiger partial charge in [0.05, 0.1) is 0 Å². The molecule has 0 radical (unpaired) electrons. The van der Waals surface area contributed by atoms with Crippen LogP contribution in [0.2, 0.25) is 5.02 Å². The summed E-state index contributed by atoms with van der Waals surface area (Å²) in [7, 11) is 0. The van der Waals surface area contributed by atoms with E-state index in [0.717, 1.165) is 25.2 Å². The van der Waals surface area contributed by atoms with Gasteiger partial charge in [0.25, 0.3) is 5.91 Å². The average Bonchev–Trinajstić information content (AvgIpc) is 2.67. The Morgan fingerprint density at radius 3 is 2.50 bits per heavy atom. The van der Waals surface area contributed by atoms with Gasteiger partial charge in [0.1, 0.15) is 0 Å². The SMILES string of the molecule is O=C(CCC1CCCCC1)NC1CCN(C(=O)c2cccc(Cl)c2)CC1. The molecule has 1 aromatic carbocycles. The van der Waals surface area contributed by atoms with Crippen LogP contribution in [0.5, 0.6) is 0 Å². The second-order valence-electron chi connectivity index (χ2n) is 7.69. The fourth-order valence-corrected chi connectivity index (χ4v) is 4.33. The third-order valence-corrected chi connectivity index (χ3v) is 5.96. The first-order valence-electron chi connectivity index (χ1n) is 9.96. The highest BCUT2D eigenvalue weighted by Crippen LogP contribution is 2.27. The van der Waals surface area contributed by atoms with Crippen LogP contribution >= 0.6 is 11.6 Å². The van der Waals surface area contributed by atoms with Gasteiger partial charge in [0.15, 0.2) is 0 Å². The van der Waals surface area contributed by atoms with Crippen LogP contribution in [0, 0.1) is 5.92 Å². The van der Waals surface area contributed by atoms with E-state index in [1.807, 2.05) is 4.90 Å². The van der Waals surface area contributed by atoms with Gasteiger partial charge in [-0.05, 0) is 43.4 Å². The first-order chi connectivity index (χ1) is 12.6. The summed E-state index contributed by atoms with van der Waals surface area (Å²) in [5.41, 5.74) is 0.632. The first kappa shape index (κ1) is 19.2. The summed E-state index contributed by atoms with van der Waals surface area (Å²) in [4.78, 5) is 26.6. The zero-order valence-corrected chi connectivity index (χ0v) is 16.1. The number of likely N-dealkylation sites (tertiary alicyclic amines) is 1. The van der Waals surface area contributed by atoms with Crippen LogP contribution in [0.15, 0.2) is 24.3 Å². The number of piperidine rings is 1. The molecule has 5 heteroatoms. The van der Waals surface area contributed by atoms with E-state index in [0.29, 0.717) is 30.1 Å². The number of carbonyl (C=O) groups is 2. The highest BCUT2D eigenvalue weighted by atomic mass is 35.5. The molecule has 1 saturated carbocycles. The average molecular weight is 377 g/mol. The molecule has 2 fully saturated rings. The van der Waals surface area contributed by atoms with Crippen molar-refractivity contribution in [2.75, 3.05) is 13.1 Å². The second-order valence-corrected chi connectivity index (χ2v) is 8.12. The predicted molar refractivity (Wildman–Crippen MR) is 104 cm³/mol. The van der Waals surface area contributed by atoms with E-state index in [-0.39, 0.29) is 17.9 Å². The minimum atomic E-state index is 0.0228. The zero-order chi connectivity index (χ0) is 18.4. The smallest absolute Gasteiger partial charge is 0.253 e. The summed E-state index contributed by atoms with van der Waals surface area (Å²) < 4.78 is 0. The highest BCUT2D eigenvalue weighted by molar-refractivity contribution is 6.30. The molecule has 26 heavy (non-hydrogen) atoms. The molecular formula is C21H29ClN2O2. The molecule has 1 aliphatic heterocycles. The Balaban J connectivity index is 1.39. The Kier molecular flexibility index (Phi) is 6.95. The molecule has 4 nitrogen and oxygen atoms in total. The number of rotatable bonds is 5. The molecule has 0 bridgehead atoms. The Morgan fingerprint density at radius 1 is 1.08 bits per heavy atom. The molecule has 0 aromatic heterocycles. The molecule has 2 aliphatic rings. The zero-order valence-electron chi connectivity index (χ0n) is 15.4. The lowest BCUT2D eigenvalue weighted by molar-refractivity contribution is -0.122. The summed E-state index contributed by atoms with van der Waals surface area (Å²) in [6, 6.07) is 7.27. The number of halogens is 1. The van der Waals surface area contributed by atoms with Gasteiger partial charge in [-0.25, -0.2) is 0 Å². The van der Waals surface area contributed by atoms with Crippen molar-refractivity contribution in [2.24, 2.45) is 5.92 Å². The fraction of sp³-hybridized carbons (Fsp3) is 0.619. The van der Waals surface area contributed by atoms with Crippen molar-refractivity contribution in [2.45, 2.75) is 63.8 Å². The Labute approximate surface area is 161 Å². The number of nitrogens with zero attached hydrogens (tertiary/aromatic N) is 1. The summed E-state index contributed by atoms with van der Waals surface area (Å²) >= 11 is 5.98. The van der Waals surface area contributed by atoms with E-state index >= 15 is 0 Å². The van der Waals surface area contributed by atoms with E-state index in [4.69, 9.17) is 11.6 Å². The normalized spacial score (nSPS) is 19.3. The van der Waals surface area contributed by atoms with Crippen molar-refractivity contribution in [3.63, 3.8) is 0 Å². The van der Waals surface area contributed by atoms with Crippen molar-refractivity contribution >= 4 is 23.4 Å². The second kappa shape index (κ2) is 9.40. The topological polar surface area (TPSA) is 49.4 Å². The summed E-state index contributed by atoms with van der Waals surface area (Å²) in [6.45, 7) is 1.36. The number of carbonyl (C=O) groups excluding carboxylic acids is 2. The summed E-state index contributed by atoms with van der Waals surface area (Å²) in [5.74, 6) is 0.941. The summed E-state index contributed by atoms with van der Waals surface area (Å²) in [6.07, 6.45) is 9.90. The number of hydrogen-bond donors (Lipinski definition) is 1. The van der Waals surface area contributed by atoms with Crippen LogP contribution in [0.3, 0.4) is 0 Å². The fourth-order valence-electron chi connectivity index (χ4n) is 4.14. The van der Waals surface area contributed by atoms with Gasteiger partial charge in [0, 0.05) is 36.1 Å². The van der Waals surface area contributed by atoms with Gasteiger partial charge in [-0.2, -0.15) is 0 Å². The quantitative estimate of drug-likeness (QED) is 0.826. The molecule has 2 amide bonds. The predicted octanol–water partition coefficient (Wildman–Crippen LogP) is 4.42. The van der Waals surface area contributed by atoms with E-state index < -0.39 is 0 Å². The third-order valence-electron chi connectivity index (χ3n) is 5.72. The van der Waals surface area contributed by atoms with Crippen molar-refractivity contribution < 1.29 is 9.59 Å². The molecule has 1 aliphatic carbocycles. The third kappa shape index (κ3) is 5.47. The maximum absolute atomic E-state index is 12.5. The van der Waals surface area contributed by atoms with Crippen LogP contribution in [-0.2, 0) is 4.79 Å². The van der Waals surface area contributed by atoms with E-state index in [2.05, 4.69) is 5.32 Å². The maximum Gasteiger partial charge on any atom is 0.253 e. The van der Waals surface area contributed by atoms with Gasteiger partial charge in [-0.15, -0.1) is 0 Å². The van der Waals surface area contributed by atoms with Crippen LogP contribution in [0.25, 0.3) is 0 Å². The molecule has 1 N–H and O–H groups in total. The minimum Gasteiger partial charge on any atom is -0.353 e. The first-order valence-corrected chi connectivity index (χ1v) is 10.3. The Hall–Kier alpha value is -1.55. The van der Waals surface area contributed by atoms with E-state index in [1.54, 1.807) is 24.3 Å². The lowest BCUT2D eigenvalue weighted by Gasteiger charge is -2.32. The van der Waals surface area contributed by atoms with Crippen LogP contribution in [0.1, 0.15) is 68.1 Å². The van der Waals surface area contributed by atoms with Crippen molar-refractivity contribution in [3.05, 3.63) is 34.9 Å². The molecular weight excluding hydrogens is 348 g/mol. The lowest BCUT2D eigenvalue weighted by atomic mass is 9.86. The largest absolute Gasteiger partial charge is 0.353 e. The van der Waals surface area contributed by atoms with Crippen molar-refractivity contribution in [3.8, 4) is 0 Å². The monoisotopic (exact) mass is 376 g/mol. The number of nitrogens with one attached hydrogen (secondary N) is 1. The van der Waals surface area contributed by atoms with Crippen LogP contribution < -0.4 is 5.32 Å². The molecule has 1 heterocycles. The number of amides is 2. The molecule has 0 atom stereocenters. The van der Waals surface area contributed by atoms with E-state index in [1.165, 1.54) is 32.1 Å². The molecule has 1 saturated heterocycles. The Bertz CT molecular complexity index is 620. The highest BCUT2D eigenvalue weighted by Gasteiger charge is 2.25. The van der Waals surface area contributed by atoms with Crippen LogP contribution in [-0.4, -0.2) is 35.8 Å². The number of benzene rings is 1. The van der Waals surface area contributed by atoms with Gasteiger partial charge < -0.3 is 10.2 Å². The molecule has 142 valence electrons. The molecule has 0 unspecified atom stereocenters. The maximum atomic E-state index is 12.5. The minimum absolute atomic E-state index is 0.0228. The van der Waals surface area contributed by atoms with Gasteiger partial charge in [-0.3, -0.25) is 9.59 Å². The van der Waals surface area contributed by atoms with Crippen LogP contribution in [0.4, 0.5) is 0 Å². The lowest BCUT2D eigenvalue weighted by Crippen LogP contribution is -2.46. The molecule has 1 aromatic rings. The van der Waals surface area contributed by atoms with E-state index in [9.17, 15) is 9.59 Å². The number of hydrogen-bond acceptors (Lipinski definition) is 2. The Morgan fingerprint density at radius 2 is 1.81 bits per heavy atom. The van der Waals surface area contributed by atoms with Gasteiger partial charge in [-0.1, -0.05) is 49.8 Å². The molecule has 0 spiro atoms.